The van der Waals surface area contributed by atoms with Crippen LogP contribution in [0.1, 0.15) is 11.1 Å². The highest BCUT2D eigenvalue weighted by Gasteiger charge is 2.12. The number of nitrogens with zero attached hydrogens (tertiary/aromatic N) is 1. The molecular weight excluding hydrogens is 303 g/mol. The van der Waals surface area contributed by atoms with Crippen LogP contribution >= 0.6 is 0 Å². The smallest absolute Gasteiger partial charge is 0.126 e. The van der Waals surface area contributed by atoms with Crippen molar-refractivity contribution in [1.82, 2.24) is 4.98 Å². The summed E-state index contributed by atoms with van der Waals surface area (Å²) < 4.78 is 13.5. The maximum absolute atomic E-state index is 13.5. The number of hydrogen-bond acceptors (Lipinski definition) is 3. The van der Waals surface area contributed by atoms with Crippen LogP contribution in [0.4, 0.5) is 10.1 Å². The summed E-state index contributed by atoms with van der Waals surface area (Å²) in [4.78, 5) is 4.45. The average molecular weight is 320 g/mol. The number of pyridine rings is 1. The minimum atomic E-state index is -0.244. The van der Waals surface area contributed by atoms with Gasteiger partial charge in [-0.2, -0.15) is 0 Å². The molecule has 5 N–H and O–H groups in total. The number of aryl methyl sites for hydroxylation is 1. The van der Waals surface area contributed by atoms with Gasteiger partial charge >= 0.3 is 0 Å². The van der Waals surface area contributed by atoms with Crippen LogP contribution in [0.25, 0.3) is 22.4 Å². The first-order valence-corrected chi connectivity index (χ1v) is 7.43. The number of nitrogens with one attached hydrogen (secondary N) is 1. The third-order valence-corrected chi connectivity index (χ3v) is 3.89. The highest BCUT2D eigenvalue weighted by Crippen LogP contribution is 2.32. The fourth-order valence-corrected chi connectivity index (χ4v) is 2.64. The predicted molar refractivity (Wildman–Crippen MR) is 95.2 cm³/mol. The van der Waals surface area contributed by atoms with Crippen molar-refractivity contribution < 1.29 is 4.39 Å². The normalized spacial score (nSPS) is 10.6. The lowest BCUT2D eigenvalue weighted by molar-refractivity contribution is 0.619. The quantitative estimate of drug-likeness (QED) is 0.390. The Balaban J connectivity index is 2.15. The maximum Gasteiger partial charge on any atom is 0.126 e. The Labute approximate surface area is 139 Å². The zero-order chi connectivity index (χ0) is 17.3. The molecule has 24 heavy (non-hydrogen) atoms. The van der Waals surface area contributed by atoms with Crippen molar-refractivity contribution in [3.05, 3.63) is 71.7 Å². The molecule has 0 amide bonds. The van der Waals surface area contributed by atoms with Crippen LogP contribution in [0.5, 0.6) is 0 Å². The summed E-state index contributed by atoms with van der Waals surface area (Å²) in [5.74, 6) is -0.314. The van der Waals surface area contributed by atoms with Crippen LogP contribution in [-0.4, -0.2) is 10.8 Å². The Morgan fingerprint density at radius 1 is 1.08 bits per heavy atom. The highest BCUT2D eigenvalue weighted by molar-refractivity contribution is 6.00. The topological polar surface area (TPSA) is 88.8 Å². The number of halogens is 1. The van der Waals surface area contributed by atoms with E-state index in [1.807, 2.05) is 18.2 Å². The second-order valence-corrected chi connectivity index (χ2v) is 5.58. The van der Waals surface area contributed by atoms with Crippen molar-refractivity contribution in [2.45, 2.75) is 6.92 Å². The van der Waals surface area contributed by atoms with Gasteiger partial charge in [0.1, 0.15) is 11.7 Å². The predicted octanol–water partition coefficient (Wildman–Crippen LogP) is 3.73. The summed E-state index contributed by atoms with van der Waals surface area (Å²) in [5.41, 5.74) is 16.3. The van der Waals surface area contributed by atoms with Crippen LogP contribution in [0.3, 0.4) is 0 Å². The van der Waals surface area contributed by atoms with Gasteiger partial charge in [-0.15, -0.1) is 0 Å². The van der Waals surface area contributed by atoms with E-state index in [-0.39, 0.29) is 11.7 Å². The van der Waals surface area contributed by atoms with Gasteiger partial charge in [-0.05, 0) is 54.4 Å². The average Bonchev–Trinajstić information content (AvgIpc) is 2.57. The molecule has 1 aromatic heterocycles. The lowest BCUT2D eigenvalue weighted by atomic mass is 9.96. The Hall–Kier alpha value is -3.21. The molecule has 0 bridgehead atoms. The van der Waals surface area contributed by atoms with E-state index < -0.39 is 0 Å². The first-order valence-electron chi connectivity index (χ1n) is 7.43. The summed E-state index contributed by atoms with van der Waals surface area (Å²) >= 11 is 0. The van der Waals surface area contributed by atoms with E-state index in [4.69, 9.17) is 16.9 Å². The molecule has 0 aliphatic heterocycles. The van der Waals surface area contributed by atoms with Gasteiger partial charge in [0.25, 0.3) is 0 Å². The van der Waals surface area contributed by atoms with Crippen molar-refractivity contribution in [3.8, 4) is 22.4 Å². The number of benzene rings is 2. The number of amidine groups is 1. The number of nitrogen functional groups attached to an aromatic ring is 2. The Kier molecular flexibility index (Phi) is 4.00. The van der Waals surface area contributed by atoms with Gasteiger partial charge in [0.2, 0.25) is 0 Å². The van der Waals surface area contributed by atoms with Crippen molar-refractivity contribution >= 4 is 11.5 Å². The van der Waals surface area contributed by atoms with E-state index >= 15 is 0 Å². The largest absolute Gasteiger partial charge is 0.398 e. The molecule has 120 valence electrons. The molecule has 2 aromatic carbocycles. The monoisotopic (exact) mass is 320 g/mol. The Morgan fingerprint density at radius 2 is 1.83 bits per heavy atom. The zero-order valence-corrected chi connectivity index (χ0v) is 13.2. The molecule has 3 rings (SSSR count). The first-order chi connectivity index (χ1) is 11.5. The van der Waals surface area contributed by atoms with E-state index in [1.54, 1.807) is 37.4 Å². The van der Waals surface area contributed by atoms with Crippen LogP contribution in [0.15, 0.2) is 54.7 Å². The lowest BCUT2D eigenvalue weighted by Gasteiger charge is -2.12. The molecular formula is C19H17FN4. The number of hydrogen-bond donors (Lipinski definition) is 3. The number of aromatic nitrogens is 1. The van der Waals surface area contributed by atoms with E-state index in [0.717, 1.165) is 22.4 Å². The van der Waals surface area contributed by atoms with Crippen molar-refractivity contribution in [3.63, 3.8) is 0 Å². The molecule has 5 heteroatoms. The van der Waals surface area contributed by atoms with E-state index in [9.17, 15) is 4.39 Å². The summed E-state index contributed by atoms with van der Waals surface area (Å²) in [6.45, 7) is 1.72. The second kappa shape index (κ2) is 6.12. The van der Waals surface area contributed by atoms with Gasteiger partial charge in [-0.1, -0.05) is 12.1 Å². The lowest BCUT2D eigenvalue weighted by Crippen LogP contribution is -2.13. The van der Waals surface area contributed by atoms with Gasteiger partial charge < -0.3 is 11.5 Å². The summed E-state index contributed by atoms with van der Waals surface area (Å²) in [6.07, 6.45) is 1.70. The van der Waals surface area contributed by atoms with Gasteiger partial charge in [0.05, 0.1) is 5.69 Å². The van der Waals surface area contributed by atoms with Gasteiger partial charge in [-0.25, -0.2) is 4.39 Å². The molecule has 1 heterocycles. The van der Waals surface area contributed by atoms with Crippen LogP contribution in [0, 0.1) is 18.2 Å². The molecule has 0 spiro atoms. The third-order valence-electron chi connectivity index (χ3n) is 3.89. The standard InChI is InChI=1S/C19H17FN4/c1-11-9-13(5-7-16(11)20)18-14(3-2-8-24-18)12-4-6-15(19(22)23)17(21)10-12/h2-10H,21H2,1H3,(H3,22,23). The molecule has 0 saturated heterocycles. The van der Waals surface area contributed by atoms with Crippen molar-refractivity contribution in [2.75, 3.05) is 5.73 Å². The van der Waals surface area contributed by atoms with Gasteiger partial charge in [0, 0.05) is 28.6 Å². The Morgan fingerprint density at radius 3 is 2.50 bits per heavy atom. The van der Waals surface area contributed by atoms with E-state index in [1.165, 1.54) is 6.07 Å². The number of anilines is 1. The second-order valence-electron chi connectivity index (χ2n) is 5.58. The van der Waals surface area contributed by atoms with Crippen LogP contribution in [0.2, 0.25) is 0 Å². The fraction of sp³-hybridized carbons (Fsp3) is 0.0526. The minimum Gasteiger partial charge on any atom is -0.398 e. The Bertz CT molecular complexity index is 934. The molecule has 3 aromatic rings. The minimum absolute atomic E-state index is 0.0698. The molecule has 0 radical (unpaired) electrons. The third kappa shape index (κ3) is 2.84. The maximum atomic E-state index is 13.5. The zero-order valence-electron chi connectivity index (χ0n) is 13.2. The molecule has 0 fully saturated rings. The molecule has 0 aliphatic rings. The fourth-order valence-electron chi connectivity index (χ4n) is 2.64. The molecule has 0 unspecified atom stereocenters. The van der Waals surface area contributed by atoms with Crippen LogP contribution in [-0.2, 0) is 0 Å². The van der Waals surface area contributed by atoms with E-state index in [0.29, 0.717) is 16.8 Å². The summed E-state index contributed by atoms with van der Waals surface area (Å²) in [7, 11) is 0. The molecule has 4 nitrogen and oxygen atoms in total. The van der Waals surface area contributed by atoms with Gasteiger partial charge in [0.15, 0.2) is 0 Å². The summed E-state index contributed by atoms with van der Waals surface area (Å²) in [5, 5.41) is 7.52. The van der Waals surface area contributed by atoms with Crippen molar-refractivity contribution in [1.29, 1.82) is 5.41 Å². The first kappa shape index (κ1) is 15.7. The van der Waals surface area contributed by atoms with Gasteiger partial charge in [-0.3, -0.25) is 10.4 Å². The van der Waals surface area contributed by atoms with E-state index in [2.05, 4.69) is 4.98 Å². The highest BCUT2D eigenvalue weighted by atomic mass is 19.1. The molecule has 0 atom stereocenters. The van der Waals surface area contributed by atoms with Crippen LogP contribution < -0.4 is 11.5 Å². The van der Waals surface area contributed by atoms with Crippen molar-refractivity contribution in [2.24, 2.45) is 5.73 Å². The SMILES string of the molecule is Cc1cc(-c2ncccc2-c2ccc(C(=N)N)c(N)c2)ccc1F. The summed E-state index contributed by atoms with van der Waals surface area (Å²) in [6, 6.07) is 14.0. The number of nitrogens with two attached hydrogens (primary N) is 2. The molecule has 0 saturated carbocycles. The number of rotatable bonds is 3. The molecule has 0 aliphatic carbocycles.